The summed E-state index contributed by atoms with van der Waals surface area (Å²) in [6.45, 7) is 8.78. The second-order valence-electron chi connectivity index (χ2n) is 12.2. The lowest BCUT2D eigenvalue weighted by Crippen LogP contribution is -2.41. The molecule has 0 spiro atoms. The van der Waals surface area contributed by atoms with Gasteiger partial charge in [0.2, 0.25) is 11.9 Å². The lowest BCUT2D eigenvalue weighted by Gasteiger charge is -2.17. The maximum absolute atomic E-state index is 13.5. The molecule has 0 aliphatic heterocycles. The van der Waals surface area contributed by atoms with Crippen molar-refractivity contribution in [2.24, 2.45) is 0 Å². The van der Waals surface area contributed by atoms with Crippen LogP contribution in [0.1, 0.15) is 70.8 Å². The largest absolute Gasteiger partial charge is 0.379 e. The summed E-state index contributed by atoms with van der Waals surface area (Å²) in [6, 6.07) is 5.11. The number of unbranched alkanes of at least 4 members (excludes halogenated alkanes) is 5. The Morgan fingerprint density at radius 3 is 2.00 bits per heavy atom. The average molecular weight is 751 g/mol. The lowest BCUT2D eigenvalue weighted by atomic mass is 10.1. The number of nitrogens with one attached hydrogen (secondary N) is 2. The molecular formula is C36H55FN6O8S. The van der Waals surface area contributed by atoms with Gasteiger partial charge < -0.3 is 34.7 Å². The average Bonchev–Trinajstić information content (AvgIpc) is 3.46. The predicted octanol–water partition coefficient (Wildman–Crippen LogP) is 4.28. The van der Waals surface area contributed by atoms with Crippen molar-refractivity contribution < 1.29 is 37.7 Å². The number of aromatic amines is 1. The summed E-state index contributed by atoms with van der Waals surface area (Å²) in [6.07, 6.45) is 8.17. The monoisotopic (exact) mass is 750 g/mol. The van der Waals surface area contributed by atoms with Crippen LogP contribution < -0.4 is 16.6 Å². The van der Waals surface area contributed by atoms with Gasteiger partial charge in [-0.15, -0.1) is 0 Å². The molecular weight excluding hydrogens is 695 g/mol. The molecule has 0 aliphatic carbocycles. The molecule has 3 aromatic rings. The SMILES string of the molecule is CCCCCCCCOCCOCCOCCOCCOCCCC(=O)[C@H](CSc1nc2c(=O)[nH]c(N)nc2n1Cc1ccc(F)cc1)NC(C)=O. The van der Waals surface area contributed by atoms with Crippen LogP contribution in [0.3, 0.4) is 0 Å². The van der Waals surface area contributed by atoms with E-state index in [1.54, 1.807) is 16.7 Å². The fraction of sp³-hybridized carbons (Fsp3) is 0.639. The lowest BCUT2D eigenvalue weighted by molar-refractivity contribution is -0.126. The highest BCUT2D eigenvalue weighted by molar-refractivity contribution is 7.99. The number of nitrogens with zero attached hydrogens (tertiary/aromatic N) is 3. The van der Waals surface area contributed by atoms with E-state index in [0.29, 0.717) is 71.0 Å². The molecule has 16 heteroatoms. The molecule has 0 bridgehead atoms. The number of anilines is 1. The molecule has 290 valence electrons. The Balaban J connectivity index is 1.28. The molecule has 0 fully saturated rings. The quantitative estimate of drug-likeness (QED) is 0.0651. The second-order valence-corrected chi connectivity index (χ2v) is 13.2. The van der Waals surface area contributed by atoms with Gasteiger partial charge in [-0.25, -0.2) is 9.37 Å². The van der Waals surface area contributed by atoms with Crippen LogP contribution >= 0.6 is 11.8 Å². The highest BCUT2D eigenvalue weighted by atomic mass is 32.2. The van der Waals surface area contributed by atoms with Crippen molar-refractivity contribution >= 4 is 40.6 Å². The fourth-order valence-electron chi connectivity index (χ4n) is 5.14. The normalized spacial score (nSPS) is 12.1. The minimum Gasteiger partial charge on any atom is -0.379 e. The van der Waals surface area contributed by atoms with Crippen LogP contribution in [0, 0.1) is 5.82 Å². The Kier molecular flexibility index (Phi) is 21.1. The standard InChI is InChI=1S/C36H55FN6O8S/c1-3-4-5-6-7-8-15-47-17-19-49-21-23-51-24-22-50-20-18-48-16-9-10-31(45)30(39-27(2)44)26-52-36-40-32-33(41-35(38)42-34(32)46)43(36)25-28-11-13-29(37)14-12-28/h11-14,30H,3-10,15-26H2,1-2H3,(H,39,44)(H3,38,41,42,46)/t30-/m0/s1. The van der Waals surface area contributed by atoms with Crippen LogP contribution in [0.4, 0.5) is 10.3 Å². The zero-order valence-electron chi connectivity index (χ0n) is 30.5. The molecule has 1 amide bonds. The molecule has 0 saturated carbocycles. The molecule has 2 heterocycles. The number of thioether (sulfide) groups is 1. The van der Waals surface area contributed by atoms with E-state index in [1.165, 1.54) is 62.9 Å². The number of fused-ring (bicyclic) bond motifs is 1. The minimum atomic E-state index is -0.796. The van der Waals surface area contributed by atoms with Crippen molar-refractivity contribution in [1.29, 1.82) is 0 Å². The maximum Gasteiger partial charge on any atom is 0.280 e. The van der Waals surface area contributed by atoms with Gasteiger partial charge in [0.1, 0.15) is 5.82 Å². The minimum absolute atomic E-state index is 0.0734. The highest BCUT2D eigenvalue weighted by Gasteiger charge is 2.23. The van der Waals surface area contributed by atoms with Crippen molar-refractivity contribution in [3.63, 3.8) is 0 Å². The number of aromatic nitrogens is 4. The number of carbonyl (C=O) groups excluding carboxylic acids is 2. The van der Waals surface area contributed by atoms with Gasteiger partial charge in [0.05, 0.1) is 65.4 Å². The Morgan fingerprint density at radius 1 is 0.846 bits per heavy atom. The number of carbonyl (C=O) groups is 2. The smallest absolute Gasteiger partial charge is 0.280 e. The molecule has 14 nitrogen and oxygen atoms in total. The van der Waals surface area contributed by atoms with E-state index in [1.807, 2.05) is 0 Å². The van der Waals surface area contributed by atoms with Crippen molar-refractivity contribution in [3.05, 3.63) is 46.0 Å². The summed E-state index contributed by atoms with van der Waals surface area (Å²) in [5, 5.41) is 3.11. The number of H-pyrrole nitrogens is 1. The number of amides is 1. The number of ketones is 1. The number of hydrogen-bond acceptors (Lipinski definition) is 12. The Morgan fingerprint density at radius 2 is 1.40 bits per heavy atom. The first-order chi connectivity index (χ1) is 25.3. The Hall–Kier alpha value is -3.41. The van der Waals surface area contributed by atoms with Gasteiger partial charge in [-0.2, -0.15) is 4.98 Å². The van der Waals surface area contributed by atoms with E-state index < -0.39 is 11.6 Å². The van der Waals surface area contributed by atoms with E-state index in [0.717, 1.165) is 18.6 Å². The van der Waals surface area contributed by atoms with Gasteiger partial charge in [0.25, 0.3) is 5.56 Å². The van der Waals surface area contributed by atoms with Gasteiger partial charge in [-0.05, 0) is 30.5 Å². The van der Waals surface area contributed by atoms with Crippen molar-refractivity contribution in [2.75, 3.05) is 77.6 Å². The molecule has 0 unspecified atom stereocenters. The number of ether oxygens (including phenoxy) is 5. The van der Waals surface area contributed by atoms with Crippen LogP contribution in [0.15, 0.2) is 34.2 Å². The summed E-state index contributed by atoms with van der Waals surface area (Å²) in [7, 11) is 0. The maximum atomic E-state index is 13.5. The zero-order chi connectivity index (χ0) is 37.4. The third-order valence-corrected chi connectivity index (χ3v) is 8.90. The van der Waals surface area contributed by atoms with E-state index >= 15 is 0 Å². The van der Waals surface area contributed by atoms with E-state index in [2.05, 4.69) is 27.2 Å². The highest BCUT2D eigenvalue weighted by Crippen LogP contribution is 2.24. The number of hydrogen-bond donors (Lipinski definition) is 3. The number of Topliss-reactive ketones (excluding diaryl/α,β-unsaturated/α-hetero) is 1. The summed E-state index contributed by atoms with van der Waals surface area (Å²) < 4.78 is 43.0. The third-order valence-electron chi connectivity index (χ3n) is 7.83. The number of nitrogens with two attached hydrogens (primary N) is 1. The topological polar surface area (TPSA) is 182 Å². The summed E-state index contributed by atoms with van der Waals surface area (Å²) in [4.78, 5) is 48.8. The Bertz CT molecular complexity index is 1520. The summed E-state index contributed by atoms with van der Waals surface area (Å²) in [5.41, 5.74) is 6.36. The molecule has 2 aromatic heterocycles. The van der Waals surface area contributed by atoms with E-state index in [9.17, 15) is 18.8 Å². The van der Waals surface area contributed by atoms with Gasteiger partial charge in [-0.3, -0.25) is 23.9 Å². The van der Waals surface area contributed by atoms with Gasteiger partial charge >= 0.3 is 0 Å². The molecule has 0 saturated heterocycles. The first-order valence-corrected chi connectivity index (χ1v) is 19.1. The number of nitrogen functional groups attached to an aromatic ring is 1. The molecule has 0 radical (unpaired) electrons. The van der Waals surface area contributed by atoms with Crippen molar-refractivity contribution in [3.8, 4) is 0 Å². The van der Waals surface area contributed by atoms with E-state index in [4.69, 9.17) is 29.4 Å². The number of halogens is 1. The molecule has 3 rings (SSSR count). The van der Waals surface area contributed by atoms with Gasteiger partial charge in [-0.1, -0.05) is 62.9 Å². The van der Waals surface area contributed by atoms with Crippen molar-refractivity contribution in [1.82, 2.24) is 24.8 Å². The number of rotatable bonds is 30. The first kappa shape index (κ1) is 43.0. The predicted molar refractivity (Wildman–Crippen MR) is 198 cm³/mol. The van der Waals surface area contributed by atoms with E-state index in [-0.39, 0.29) is 53.3 Å². The fourth-order valence-corrected chi connectivity index (χ4v) is 6.19. The third kappa shape index (κ3) is 16.9. The molecule has 1 atom stereocenters. The molecule has 4 N–H and O–H groups in total. The van der Waals surface area contributed by atoms with Crippen LogP contribution in [-0.2, 0) is 39.8 Å². The molecule has 1 aromatic carbocycles. The van der Waals surface area contributed by atoms with Gasteiger partial charge in [0.15, 0.2) is 22.1 Å². The second kappa shape index (κ2) is 25.5. The summed E-state index contributed by atoms with van der Waals surface area (Å²) in [5.74, 6) is -0.799. The summed E-state index contributed by atoms with van der Waals surface area (Å²) >= 11 is 1.19. The van der Waals surface area contributed by atoms with Gasteiger partial charge in [0, 0.05) is 32.3 Å². The van der Waals surface area contributed by atoms with Crippen LogP contribution in [0.2, 0.25) is 0 Å². The van der Waals surface area contributed by atoms with Crippen LogP contribution in [-0.4, -0.2) is 109 Å². The molecule has 52 heavy (non-hydrogen) atoms. The van der Waals surface area contributed by atoms with Crippen LogP contribution in [0.25, 0.3) is 11.2 Å². The number of imidazole rings is 1. The number of benzene rings is 1. The first-order valence-electron chi connectivity index (χ1n) is 18.1. The van der Waals surface area contributed by atoms with Crippen LogP contribution in [0.5, 0.6) is 0 Å². The Labute approximate surface area is 309 Å². The zero-order valence-corrected chi connectivity index (χ0v) is 31.3. The van der Waals surface area contributed by atoms with Crippen molar-refractivity contribution in [2.45, 2.75) is 83.0 Å². The molecule has 0 aliphatic rings.